The highest BCUT2D eigenvalue weighted by atomic mass is 35.5. The van der Waals surface area contributed by atoms with Crippen molar-refractivity contribution in [1.29, 1.82) is 0 Å². The fraction of sp³-hybridized carbons (Fsp3) is 0.412. The van der Waals surface area contributed by atoms with Crippen LogP contribution in [0, 0.1) is 11.8 Å². The molecular weight excluding hydrogens is 397 g/mol. The largest absolute Gasteiger partial charge is 0.358 e. The number of allylic oxidation sites excluding steroid dienone is 1. The molecule has 0 radical (unpaired) electrons. The molecule has 134 valence electrons. The van der Waals surface area contributed by atoms with E-state index < -0.39 is 0 Å². The lowest BCUT2D eigenvalue weighted by Gasteiger charge is -2.22. The molecule has 2 aliphatic carbocycles. The van der Waals surface area contributed by atoms with Crippen molar-refractivity contribution in [3.05, 3.63) is 46.0 Å². The number of thioether (sulfide) groups is 1. The molecule has 0 aromatic heterocycles. The van der Waals surface area contributed by atoms with Gasteiger partial charge in [-0.2, -0.15) is 0 Å². The average molecular weight is 416 g/mol. The molecule has 2 bridgehead atoms. The first-order valence-electron chi connectivity index (χ1n) is 8.07. The summed E-state index contributed by atoms with van der Waals surface area (Å²) >= 11 is 18.9. The SMILES string of the molecule is O=C(CSCc1c(Cl)cccc1Cl)NNC(=S)N[C@H]1C[C@H]2C=C[C@H]1C2. The van der Waals surface area contributed by atoms with E-state index in [-0.39, 0.29) is 11.7 Å². The molecule has 3 N–H and O–H groups in total. The zero-order valence-corrected chi connectivity index (χ0v) is 16.6. The Morgan fingerprint density at radius 2 is 1.96 bits per heavy atom. The summed E-state index contributed by atoms with van der Waals surface area (Å²) in [6.07, 6.45) is 6.84. The number of carbonyl (C=O) groups is 1. The van der Waals surface area contributed by atoms with E-state index in [1.165, 1.54) is 18.2 Å². The van der Waals surface area contributed by atoms with Gasteiger partial charge in [-0.05, 0) is 54.6 Å². The monoisotopic (exact) mass is 415 g/mol. The molecule has 1 aromatic carbocycles. The van der Waals surface area contributed by atoms with Crippen molar-refractivity contribution in [2.75, 3.05) is 5.75 Å². The summed E-state index contributed by atoms with van der Waals surface area (Å²) in [4.78, 5) is 11.9. The van der Waals surface area contributed by atoms with Gasteiger partial charge in [-0.3, -0.25) is 15.6 Å². The summed E-state index contributed by atoms with van der Waals surface area (Å²) in [5.74, 6) is 1.94. The first-order chi connectivity index (χ1) is 12.0. The molecule has 8 heteroatoms. The van der Waals surface area contributed by atoms with E-state index >= 15 is 0 Å². The van der Waals surface area contributed by atoms with Crippen molar-refractivity contribution in [2.24, 2.45) is 11.8 Å². The Labute approximate surface area is 167 Å². The molecule has 3 rings (SSSR count). The second kappa shape index (κ2) is 8.62. The molecule has 0 unspecified atom stereocenters. The van der Waals surface area contributed by atoms with Gasteiger partial charge in [-0.1, -0.05) is 41.4 Å². The van der Waals surface area contributed by atoms with Crippen LogP contribution in [0.3, 0.4) is 0 Å². The number of benzene rings is 1. The number of hydrogen-bond acceptors (Lipinski definition) is 3. The molecule has 3 atom stereocenters. The Kier molecular flexibility index (Phi) is 6.49. The van der Waals surface area contributed by atoms with E-state index in [9.17, 15) is 4.79 Å². The van der Waals surface area contributed by atoms with E-state index in [4.69, 9.17) is 35.4 Å². The van der Waals surface area contributed by atoms with Crippen molar-refractivity contribution in [1.82, 2.24) is 16.2 Å². The van der Waals surface area contributed by atoms with Crippen LogP contribution in [0.15, 0.2) is 30.4 Å². The van der Waals surface area contributed by atoms with Gasteiger partial charge in [-0.25, -0.2) is 0 Å². The Morgan fingerprint density at radius 3 is 2.60 bits per heavy atom. The van der Waals surface area contributed by atoms with Gasteiger partial charge in [0.25, 0.3) is 0 Å². The van der Waals surface area contributed by atoms with Crippen molar-refractivity contribution < 1.29 is 4.79 Å². The number of rotatable bonds is 5. The third-order valence-corrected chi connectivity index (χ3v) is 6.34. The average Bonchev–Trinajstić information content (AvgIpc) is 3.18. The summed E-state index contributed by atoms with van der Waals surface area (Å²) in [6, 6.07) is 5.75. The van der Waals surface area contributed by atoms with Crippen molar-refractivity contribution in [2.45, 2.75) is 24.6 Å². The standard InChI is InChI=1S/C17H19Cl2N3OS2/c18-13-2-1-3-14(19)12(13)8-25-9-16(23)21-22-17(24)20-15-7-10-4-5-11(15)6-10/h1-5,10-11,15H,6-9H2,(H,21,23)(H2,20,22,24)/t10-,11-,15-/m0/s1. The Balaban J connectivity index is 1.34. The number of nitrogens with one attached hydrogen (secondary N) is 3. The number of hydrogen-bond donors (Lipinski definition) is 3. The topological polar surface area (TPSA) is 53.2 Å². The van der Waals surface area contributed by atoms with E-state index in [0.717, 1.165) is 12.0 Å². The van der Waals surface area contributed by atoms with Crippen LogP contribution in [0.5, 0.6) is 0 Å². The number of hydrazine groups is 1. The quantitative estimate of drug-likeness (QED) is 0.388. The first kappa shape index (κ1) is 18.8. The van der Waals surface area contributed by atoms with Gasteiger partial charge in [0, 0.05) is 21.8 Å². The molecule has 0 saturated heterocycles. The molecule has 1 aromatic rings. The third kappa shape index (κ3) is 5.03. The number of halogens is 2. The molecule has 2 aliphatic rings. The third-order valence-electron chi connectivity index (χ3n) is 4.45. The summed E-state index contributed by atoms with van der Waals surface area (Å²) in [5.41, 5.74) is 6.24. The summed E-state index contributed by atoms with van der Waals surface area (Å²) in [6.45, 7) is 0. The van der Waals surface area contributed by atoms with E-state index in [1.54, 1.807) is 18.2 Å². The van der Waals surface area contributed by atoms with E-state index in [2.05, 4.69) is 28.3 Å². The zero-order chi connectivity index (χ0) is 17.8. The zero-order valence-electron chi connectivity index (χ0n) is 13.4. The lowest BCUT2D eigenvalue weighted by molar-refractivity contribution is -0.119. The number of thiocarbonyl (C=S) groups is 1. The smallest absolute Gasteiger partial charge is 0.248 e. The summed E-state index contributed by atoms with van der Waals surface area (Å²) in [5, 5.41) is 4.96. The maximum absolute atomic E-state index is 11.9. The van der Waals surface area contributed by atoms with Crippen LogP contribution in [-0.4, -0.2) is 22.8 Å². The highest BCUT2D eigenvalue weighted by molar-refractivity contribution is 7.99. The Hall–Kier alpha value is -0.950. The fourth-order valence-electron chi connectivity index (χ4n) is 3.23. The second-order valence-electron chi connectivity index (χ2n) is 6.23. The van der Waals surface area contributed by atoms with E-state index in [1.807, 2.05) is 0 Å². The van der Waals surface area contributed by atoms with Crippen LogP contribution in [0.2, 0.25) is 10.0 Å². The van der Waals surface area contributed by atoms with Gasteiger partial charge in [-0.15, -0.1) is 11.8 Å². The molecule has 4 nitrogen and oxygen atoms in total. The molecule has 0 spiro atoms. The van der Waals surface area contributed by atoms with Gasteiger partial charge < -0.3 is 5.32 Å². The Bertz CT molecular complexity index is 678. The van der Waals surface area contributed by atoms with Crippen molar-refractivity contribution >= 4 is 58.2 Å². The van der Waals surface area contributed by atoms with Crippen LogP contribution in [0.25, 0.3) is 0 Å². The fourth-order valence-corrected chi connectivity index (χ4v) is 5.00. The van der Waals surface area contributed by atoms with Crippen LogP contribution in [0.4, 0.5) is 0 Å². The molecule has 25 heavy (non-hydrogen) atoms. The van der Waals surface area contributed by atoms with Crippen LogP contribution >= 0.6 is 47.2 Å². The second-order valence-corrected chi connectivity index (χ2v) is 8.43. The van der Waals surface area contributed by atoms with Gasteiger partial charge in [0.15, 0.2) is 5.11 Å². The highest BCUT2D eigenvalue weighted by Crippen LogP contribution is 2.38. The molecule has 1 saturated carbocycles. The summed E-state index contributed by atoms with van der Waals surface area (Å²) in [7, 11) is 0. The van der Waals surface area contributed by atoms with Gasteiger partial charge in [0.2, 0.25) is 5.91 Å². The van der Waals surface area contributed by atoms with Crippen molar-refractivity contribution in [3.8, 4) is 0 Å². The predicted molar refractivity (Wildman–Crippen MR) is 109 cm³/mol. The lowest BCUT2D eigenvalue weighted by Crippen LogP contribution is -2.50. The molecule has 1 fully saturated rings. The Morgan fingerprint density at radius 1 is 1.20 bits per heavy atom. The minimum absolute atomic E-state index is 0.148. The molecule has 1 amide bonds. The maximum atomic E-state index is 11.9. The molecular formula is C17H19Cl2N3OS2. The van der Waals surface area contributed by atoms with Gasteiger partial charge in [0.1, 0.15) is 0 Å². The predicted octanol–water partition coefficient (Wildman–Crippen LogP) is 3.69. The lowest BCUT2D eigenvalue weighted by atomic mass is 10.0. The van der Waals surface area contributed by atoms with Crippen LogP contribution in [-0.2, 0) is 10.5 Å². The van der Waals surface area contributed by atoms with Crippen LogP contribution in [0.1, 0.15) is 18.4 Å². The summed E-state index contributed by atoms with van der Waals surface area (Å²) < 4.78 is 0. The number of fused-ring (bicyclic) bond motifs is 2. The van der Waals surface area contributed by atoms with Crippen LogP contribution < -0.4 is 16.2 Å². The molecule has 0 heterocycles. The van der Waals surface area contributed by atoms with Crippen molar-refractivity contribution in [3.63, 3.8) is 0 Å². The minimum atomic E-state index is -0.148. The maximum Gasteiger partial charge on any atom is 0.248 e. The minimum Gasteiger partial charge on any atom is -0.358 e. The number of carbonyl (C=O) groups excluding carboxylic acids is 1. The number of amides is 1. The van der Waals surface area contributed by atoms with Gasteiger partial charge in [0.05, 0.1) is 5.75 Å². The molecule has 0 aliphatic heterocycles. The highest BCUT2D eigenvalue weighted by Gasteiger charge is 2.35. The van der Waals surface area contributed by atoms with Gasteiger partial charge >= 0.3 is 0 Å². The normalized spacial score (nSPS) is 23.5. The van der Waals surface area contributed by atoms with E-state index in [0.29, 0.717) is 38.8 Å². The first-order valence-corrected chi connectivity index (χ1v) is 10.4.